The van der Waals surface area contributed by atoms with Crippen molar-refractivity contribution < 1.29 is 5.11 Å². The molecular weight excluding hydrogens is 208 g/mol. The molecule has 0 bridgehead atoms. The number of aryl methyl sites for hydroxylation is 1. The van der Waals surface area contributed by atoms with E-state index in [2.05, 4.69) is 29.5 Å². The molecule has 0 saturated heterocycles. The van der Waals surface area contributed by atoms with E-state index < -0.39 is 0 Å². The zero-order valence-electron chi connectivity index (χ0n) is 9.87. The van der Waals surface area contributed by atoms with Gasteiger partial charge in [0.05, 0.1) is 11.6 Å². The molecule has 0 aliphatic rings. The van der Waals surface area contributed by atoms with Gasteiger partial charge >= 0.3 is 0 Å². The lowest BCUT2D eigenvalue weighted by Gasteiger charge is -2.25. The molecule has 0 aliphatic carbocycles. The van der Waals surface area contributed by atoms with E-state index in [0.29, 0.717) is 6.54 Å². The Morgan fingerprint density at radius 2 is 2.27 bits per heavy atom. The molecule has 0 spiro atoms. The number of thiazole rings is 1. The molecule has 1 heterocycles. The van der Waals surface area contributed by atoms with E-state index in [1.165, 1.54) is 0 Å². The number of nitrogens with one attached hydrogen (secondary N) is 1. The fraction of sp³-hybridized carbons (Fsp3) is 0.727. The first-order valence-corrected chi connectivity index (χ1v) is 6.19. The lowest BCUT2D eigenvalue weighted by Crippen LogP contribution is -2.41. The molecule has 15 heavy (non-hydrogen) atoms. The molecule has 1 aromatic heterocycles. The average molecular weight is 228 g/mol. The van der Waals surface area contributed by atoms with Crippen molar-refractivity contribution >= 4 is 11.3 Å². The van der Waals surface area contributed by atoms with E-state index in [4.69, 9.17) is 0 Å². The van der Waals surface area contributed by atoms with Crippen molar-refractivity contribution in [3.63, 3.8) is 0 Å². The zero-order chi connectivity index (χ0) is 11.5. The molecule has 1 atom stereocenters. The van der Waals surface area contributed by atoms with Crippen molar-refractivity contribution in [3.8, 4) is 0 Å². The summed E-state index contributed by atoms with van der Waals surface area (Å²) in [5.74, 6) is 0. The molecule has 0 amide bonds. The summed E-state index contributed by atoms with van der Waals surface area (Å²) in [7, 11) is 0. The predicted molar refractivity (Wildman–Crippen MR) is 64.2 cm³/mol. The second kappa shape index (κ2) is 5.05. The van der Waals surface area contributed by atoms with Crippen LogP contribution in [0.3, 0.4) is 0 Å². The molecule has 1 aromatic rings. The van der Waals surface area contributed by atoms with Crippen LogP contribution in [0.2, 0.25) is 0 Å². The highest BCUT2D eigenvalue weighted by Gasteiger charge is 2.23. The van der Waals surface area contributed by atoms with Gasteiger partial charge in [0.25, 0.3) is 0 Å². The Kier molecular flexibility index (Phi) is 4.25. The highest BCUT2D eigenvalue weighted by molar-refractivity contribution is 7.09. The van der Waals surface area contributed by atoms with Crippen molar-refractivity contribution in [1.82, 2.24) is 10.3 Å². The maximum absolute atomic E-state index is 9.49. The number of aromatic nitrogens is 1. The zero-order valence-corrected chi connectivity index (χ0v) is 10.7. The van der Waals surface area contributed by atoms with Gasteiger partial charge in [0, 0.05) is 17.6 Å². The molecule has 0 unspecified atom stereocenters. The second-order valence-electron chi connectivity index (χ2n) is 4.36. The molecule has 0 aromatic carbocycles. The summed E-state index contributed by atoms with van der Waals surface area (Å²) in [6.07, 6.45) is 0.505. The van der Waals surface area contributed by atoms with E-state index in [1.807, 2.05) is 13.8 Å². The van der Waals surface area contributed by atoms with Crippen LogP contribution in [0, 0.1) is 6.92 Å². The fourth-order valence-corrected chi connectivity index (χ4v) is 2.13. The highest BCUT2D eigenvalue weighted by Crippen LogP contribution is 2.23. The average Bonchev–Trinajstić information content (AvgIpc) is 2.62. The minimum absolute atomic E-state index is 0.158. The summed E-state index contributed by atoms with van der Waals surface area (Å²) >= 11 is 1.66. The van der Waals surface area contributed by atoms with Gasteiger partial charge in [-0.1, -0.05) is 6.92 Å². The van der Waals surface area contributed by atoms with Crippen molar-refractivity contribution in [1.29, 1.82) is 0 Å². The van der Waals surface area contributed by atoms with Crippen molar-refractivity contribution in [2.75, 3.05) is 6.54 Å². The maximum atomic E-state index is 9.49. The summed E-state index contributed by atoms with van der Waals surface area (Å²) in [4.78, 5) is 4.46. The fourth-order valence-electron chi connectivity index (χ4n) is 1.23. The van der Waals surface area contributed by atoms with Gasteiger partial charge in [-0.05, 0) is 27.2 Å². The van der Waals surface area contributed by atoms with Gasteiger partial charge in [-0.25, -0.2) is 4.98 Å². The lowest BCUT2D eigenvalue weighted by molar-refractivity contribution is 0.154. The van der Waals surface area contributed by atoms with E-state index >= 15 is 0 Å². The van der Waals surface area contributed by atoms with Crippen LogP contribution in [-0.2, 0) is 5.54 Å². The second-order valence-corrected chi connectivity index (χ2v) is 5.22. The SMILES string of the molecule is CC[C@@H](O)CNC(C)(C)c1nc(C)cs1. The van der Waals surface area contributed by atoms with Gasteiger partial charge in [-0.2, -0.15) is 0 Å². The third kappa shape index (κ3) is 3.55. The van der Waals surface area contributed by atoms with Gasteiger partial charge in [-0.15, -0.1) is 11.3 Å². The molecule has 0 aliphatic heterocycles. The number of aliphatic hydroxyl groups excluding tert-OH is 1. The van der Waals surface area contributed by atoms with Crippen molar-refractivity contribution in [3.05, 3.63) is 16.1 Å². The summed E-state index contributed by atoms with van der Waals surface area (Å²) in [6.45, 7) is 8.77. The summed E-state index contributed by atoms with van der Waals surface area (Å²) in [5.41, 5.74) is 0.899. The Morgan fingerprint density at radius 1 is 1.60 bits per heavy atom. The number of aliphatic hydroxyl groups is 1. The van der Waals surface area contributed by atoms with E-state index in [-0.39, 0.29) is 11.6 Å². The molecular formula is C11H20N2OS. The van der Waals surface area contributed by atoms with Crippen LogP contribution < -0.4 is 5.32 Å². The topological polar surface area (TPSA) is 45.1 Å². The quantitative estimate of drug-likeness (QED) is 0.810. The van der Waals surface area contributed by atoms with Gasteiger partial charge in [-0.3, -0.25) is 0 Å². The summed E-state index contributed by atoms with van der Waals surface area (Å²) in [5, 5.41) is 16.0. The Bertz CT molecular complexity index is 309. The summed E-state index contributed by atoms with van der Waals surface area (Å²) in [6, 6.07) is 0. The van der Waals surface area contributed by atoms with Crippen LogP contribution in [0.25, 0.3) is 0 Å². The van der Waals surface area contributed by atoms with Crippen LogP contribution in [0.1, 0.15) is 37.9 Å². The van der Waals surface area contributed by atoms with Gasteiger partial charge in [0.2, 0.25) is 0 Å². The third-order valence-corrected chi connectivity index (χ3v) is 3.69. The molecule has 0 saturated carbocycles. The van der Waals surface area contributed by atoms with E-state index in [9.17, 15) is 5.11 Å². The van der Waals surface area contributed by atoms with E-state index in [1.54, 1.807) is 11.3 Å². The number of nitrogens with zero attached hydrogens (tertiary/aromatic N) is 1. The highest BCUT2D eigenvalue weighted by atomic mass is 32.1. The Morgan fingerprint density at radius 3 is 2.73 bits per heavy atom. The molecule has 0 fully saturated rings. The molecule has 4 heteroatoms. The molecule has 3 nitrogen and oxygen atoms in total. The standard InChI is InChI=1S/C11H20N2OS/c1-5-9(14)6-12-11(3,4)10-13-8(2)7-15-10/h7,9,12,14H,5-6H2,1-4H3/t9-/m1/s1. The van der Waals surface area contributed by atoms with Crippen LogP contribution in [0.4, 0.5) is 0 Å². The first-order valence-electron chi connectivity index (χ1n) is 5.31. The Hall–Kier alpha value is -0.450. The largest absolute Gasteiger partial charge is 0.392 e. The third-order valence-electron chi connectivity index (χ3n) is 2.40. The van der Waals surface area contributed by atoms with E-state index in [0.717, 1.165) is 17.1 Å². The first-order chi connectivity index (χ1) is 6.95. The summed E-state index contributed by atoms with van der Waals surface area (Å²) < 4.78 is 0. The molecule has 2 N–H and O–H groups in total. The Labute approximate surface area is 95.6 Å². The minimum atomic E-state index is -0.273. The minimum Gasteiger partial charge on any atom is -0.392 e. The van der Waals surface area contributed by atoms with Crippen molar-refractivity contribution in [2.45, 2.75) is 45.8 Å². The number of rotatable bonds is 5. The maximum Gasteiger partial charge on any atom is 0.112 e. The van der Waals surface area contributed by atoms with Gasteiger partial charge < -0.3 is 10.4 Å². The number of hydrogen-bond acceptors (Lipinski definition) is 4. The van der Waals surface area contributed by atoms with Crippen LogP contribution in [-0.4, -0.2) is 22.7 Å². The van der Waals surface area contributed by atoms with Crippen molar-refractivity contribution in [2.24, 2.45) is 0 Å². The number of hydrogen-bond donors (Lipinski definition) is 2. The van der Waals surface area contributed by atoms with Gasteiger partial charge in [0.15, 0.2) is 0 Å². The Balaban J connectivity index is 2.59. The van der Waals surface area contributed by atoms with Crippen LogP contribution >= 0.6 is 11.3 Å². The monoisotopic (exact) mass is 228 g/mol. The predicted octanol–water partition coefficient (Wildman–Crippen LogP) is 2.05. The lowest BCUT2D eigenvalue weighted by atomic mass is 10.1. The molecule has 0 radical (unpaired) electrons. The van der Waals surface area contributed by atoms with Gasteiger partial charge in [0.1, 0.15) is 5.01 Å². The van der Waals surface area contributed by atoms with Crippen LogP contribution in [0.15, 0.2) is 5.38 Å². The smallest absolute Gasteiger partial charge is 0.112 e. The van der Waals surface area contributed by atoms with Crippen LogP contribution in [0.5, 0.6) is 0 Å². The normalized spacial score (nSPS) is 14.2. The first kappa shape index (κ1) is 12.6. The molecule has 1 rings (SSSR count). The molecule has 86 valence electrons.